The number of hydrogen-bond acceptors (Lipinski definition) is 0. The van der Waals surface area contributed by atoms with Gasteiger partial charge in [0.2, 0.25) is 0 Å². The largest absolute Gasteiger partial charge is 3.00 e. The predicted octanol–water partition coefficient (Wildman–Crippen LogP) is -1.83. The number of H-pyrrole nitrogens is 1. The first kappa shape index (κ1) is 19.5. The van der Waals surface area contributed by atoms with E-state index in [0.717, 1.165) is 6.42 Å². The van der Waals surface area contributed by atoms with Gasteiger partial charge in [-0.15, -0.1) is 6.42 Å². The fourth-order valence-corrected chi connectivity index (χ4v) is 4.58. The fraction of sp³-hybridized carbons (Fsp3) is 0.118. The van der Waals surface area contributed by atoms with Crippen LogP contribution < -0.4 is 29.8 Å². The molecule has 2 aromatic rings. The standard InChI is InChI=1S/C17H13NP.2ClH.Ti/c1-2-6-13(5-1)16-11-17(19-10-9-18-12-19)15-8-4-3-7-14(15)16;;;/h1,3-5,7-12,16H,2H2;2*1H;/q-1;;;+3/p-1. The van der Waals surface area contributed by atoms with Gasteiger partial charge in [-0.05, 0) is 24.6 Å². The van der Waals surface area contributed by atoms with Crippen molar-refractivity contribution in [2.45, 2.75) is 12.3 Å². The second-order valence-corrected chi connectivity index (χ2v) is 6.73. The molecule has 2 aliphatic carbocycles. The maximum absolute atomic E-state index is 3.47. The molecule has 109 valence electrons. The molecule has 1 N–H and O–H groups in total. The van der Waals surface area contributed by atoms with Gasteiger partial charge in [0.25, 0.3) is 0 Å². The summed E-state index contributed by atoms with van der Waals surface area (Å²) in [4.78, 5) is 3.21. The van der Waals surface area contributed by atoms with Gasteiger partial charge in [-0.1, -0.05) is 30.3 Å². The zero-order valence-electron chi connectivity index (χ0n) is 11.8. The van der Waals surface area contributed by atoms with Crippen LogP contribution in [0.15, 0.2) is 66.0 Å². The maximum atomic E-state index is 3.47. The van der Waals surface area contributed by atoms with Crippen molar-refractivity contribution in [3.63, 3.8) is 0 Å². The SMILES string of the molecule is [C-]1=C(C2C=C(p3cc[nH+]c3)c3ccccc32)C=CC1.[Cl-].[Cl-].[Ti+3]. The van der Waals surface area contributed by atoms with Gasteiger partial charge < -0.3 is 24.8 Å². The van der Waals surface area contributed by atoms with E-state index in [2.05, 4.69) is 65.3 Å². The van der Waals surface area contributed by atoms with Gasteiger partial charge >= 0.3 is 21.7 Å². The van der Waals surface area contributed by atoms with Crippen LogP contribution >= 0.6 is 7.53 Å². The van der Waals surface area contributed by atoms with Crippen molar-refractivity contribution in [3.8, 4) is 0 Å². The molecule has 1 heterocycles. The number of aromatic nitrogens is 1. The third kappa shape index (κ3) is 3.35. The van der Waals surface area contributed by atoms with Crippen LogP contribution in [0, 0.1) is 6.08 Å². The molecular weight excluding hydrogens is 368 g/mol. The van der Waals surface area contributed by atoms with Crippen molar-refractivity contribution in [1.82, 2.24) is 0 Å². The Kier molecular flexibility index (Phi) is 7.39. The minimum atomic E-state index is -0.295. The zero-order valence-corrected chi connectivity index (χ0v) is 15.7. The summed E-state index contributed by atoms with van der Waals surface area (Å²) in [7, 11) is -0.295. The summed E-state index contributed by atoms with van der Waals surface area (Å²) in [5.74, 6) is 4.89. The van der Waals surface area contributed by atoms with Crippen molar-refractivity contribution in [2.24, 2.45) is 0 Å². The molecule has 1 radical (unpaired) electrons. The molecule has 0 bridgehead atoms. The predicted molar refractivity (Wildman–Crippen MR) is 78.8 cm³/mol. The molecular formula is C17H14Cl2NPTi+. The summed E-state index contributed by atoms with van der Waals surface area (Å²) >= 11 is 0. The third-order valence-corrected chi connectivity index (χ3v) is 5.62. The second kappa shape index (κ2) is 8.34. The molecule has 4 rings (SSSR count). The average Bonchev–Trinajstić information content (AvgIpc) is 3.18. The van der Waals surface area contributed by atoms with Gasteiger partial charge in [0, 0.05) is 11.1 Å². The third-order valence-electron chi connectivity index (χ3n) is 3.78. The van der Waals surface area contributed by atoms with Crippen molar-refractivity contribution < 1.29 is 51.5 Å². The number of fused-ring (bicyclic) bond motifs is 1. The summed E-state index contributed by atoms with van der Waals surface area (Å²) in [6, 6.07) is 8.79. The Morgan fingerprint density at radius 1 is 1.18 bits per heavy atom. The summed E-state index contributed by atoms with van der Waals surface area (Å²) in [6.45, 7) is 0. The minimum absolute atomic E-state index is 0. The van der Waals surface area contributed by atoms with Crippen LogP contribution in [0.4, 0.5) is 0 Å². The Morgan fingerprint density at radius 2 is 2.00 bits per heavy atom. The van der Waals surface area contributed by atoms with Gasteiger partial charge in [-0.2, -0.15) is 6.08 Å². The molecule has 0 spiro atoms. The average molecular weight is 382 g/mol. The van der Waals surface area contributed by atoms with Crippen LogP contribution in [0.3, 0.4) is 0 Å². The van der Waals surface area contributed by atoms with E-state index in [9.17, 15) is 0 Å². The second-order valence-electron chi connectivity index (χ2n) is 4.87. The van der Waals surface area contributed by atoms with Crippen LogP contribution in [-0.4, -0.2) is 0 Å². The first-order chi connectivity index (χ1) is 9.43. The molecule has 1 nitrogen and oxygen atoms in total. The quantitative estimate of drug-likeness (QED) is 0.429. The van der Waals surface area contributed by atoms with Crippen LogP contribution in [0.25, 0.3) is 5.31 Å². The normalized spacial score (nSPS) is 18.4. The molecule has 2 atom stereocenters. The summed E-state index contributed by atoms with van der Waals surface area (Å²) in [6.07, 6.45) is 13.3. The van der Waals surface area contributed by atoms with Gasteiger partial charge in [-0.25, -0.2) is 16.6 Å². The first-order valence-electron chi connectivity index (χ1n) is 6.56. The van der Waals surface area contributed by atoms with E-state index < -0.39 is 0 Å². The monoisotopic (exact) mass is 381 g/mol. The Labute approximate surface area is 159 Å². The molecule has 22 heavy (non-hydrogen) atoms. The molecule has 0 aliphatic heterocycles. The first-order valence-corrected chi connectivity index (χ1v) is 8.04. The van der Waals surface area contributed by atoms with Gasteiger partial charge in [0.05, 0.1) is 0 Å². The van der Waals surface area contributed by atoms with E-state index in [1.807, 2.05) is 6.20 Å². The van der Waals surface area contributed by atoms with E-state index in [4.69, 9.17) is 0 Å². The molecule has 0 fully saturated rings. The molecule has 2 unspecified atom stereocenters. The topological polar surface area (TPSA) is 14.1 Å². The van der Waals surface area contributed by atoms with Gasteiger partial charge in [0.1, 0.15) is 0 Å². The van der Waals surface area contributed by atoms with Crippen molar-refractivity contribution in [1.29, 1.82) is 0 Å². The Morgan fingerprint density at radius 3 is 2.68 bits per heavy atom. The van der Waals surface area contributed by atoms with E-state index in [-0.39, 0.29) is 54.1 Å². The number of hydrogen-bond donors (Lipinski definition) is 0. The number of nitrogens with one attached hydrogen (secondary N) is 1. The Balaban J connectivity index is 0.000000807. The minimum Gasteiger partial charge on any atom is -1.00 e. The summed E-state index contributed by atoms with van der Waals surface area (Å²) in [5, 5.41) is 1.48. The van der Waals surface area contributed by atoms with Crippen LogP contribution in [-0.2, 0) is 21.7 Å². The molecule has 1 aromatic carbocycles. The van der Waals surface area contributed by atoms with Gasteiger partial charge in [0.15, 0.2) is 12.1 Å². The van der Waals surface area contributed by atoms with Crippen molar-refractivity contribution >= 4 is 12.8 Å². The van der Waals surface area contributed by atoms with Gasteiger partial charge in [-0.3, -0.25) is 6.08 Å². The van der Waals surface area contributed by atoms with E-state index in [0.29, 0.717) is 5.92 Å². The summed E-state index contributed by atoms with van der Waals surface area (Å²) < 4.78 is 0. The Bertz CT molecular complexity index is 720. The Hall–Kier alpha value is -0.556. The van der Waals surface area contributed by atoms with Crippen LogP contribution in [0.1, 0.15) is 23.5 Å². The molecule has 1 aromatic heterocycles. The van der Waals surface area contributed by atoms with E-state index >= 15 is 0 Å². The fourth-order valence-electron chi connectivity index (χ4n) is 2.90. The number of rotatable bonds is 2. The summed E-state index contributed by atoms with van der Waals surface area (Å²) in [5.41, 5.74) is 4.18. The number of aromatic amines is 1. The zero-order chi connectivity index (χ0) is 12.7. The molecule has 0 amide bonds. The number of benzene rings is 1. The molecule has 0 saturated heterocycles. The maximum Gasteiger partial charge on any atom is 3.00 e. The number of allylic oxidation sites excluding steroid dienone is 5. The van der Waals surface area contributed by atoms with E-state index in [1.54, 1.807) is 0 Å². The van der Waals surface area contributed by atoms with Crippen LogP contribution in [0.2, 0.25) is 0 Å². The van der Waals surface area contributed by atoms with Crippen molar-refractivity contribution in [3.05, 3.63) is 83.2 Å². The smallest absolute Gasteiger partial charge is 1.00 e. The molecule has 2 aliphatic rings. The van der Waals surface area contributed by atoms with Crippen LogP contribution in [0.5, 0.6) is 0 Å². The van der Waals surface area contributed by atoms with E-state index in [1.165, 1.54) is 22.0 Å². The molecule has 0 saturated carbocycles. The number of halogens is 2. The molecule has 5 heteroatoms. The van der Waals surface area contributed by atoms with Crippen molar-refractivity contribution in [2.75, 3.05) is 0 Å².